The number of nitrogens with one attached hydrogen (secondary N) is 1. The van der Waals surface area contributed by atoms with Crippen LogP contribution in [0.4, 0.5) is 10.5 Å². The highest BCUT2D eigenvalue weighted by Crippen LogP contribution is 2.21. The molecule has 2 aromatic rings. The number of unbranched alkanes of at least 4 members (excludes halogenated alkanes) is 2. The van der Waals surface area contributed by atoms with Crippen LogP contribution in [-0.4, -0.2) is 35.0 Å². The Kier molecular flexibility index (Phi) is 8.73. The Morgan fingerprint density at radius 2 is 2.07 bits per heavy atom. The summed E-state index contributed by atoms with van der Waals surface area (Å²) >= 11 is 7.49. The van der Waals surface area contributed by atoms with Crippen LogP contribution in [0.5, 0.6) is 0 Å². The highest BCUT2D eigenvalue weighted by molar-refractivity contribution is 7.09. The van der Waals surface area contributed by atoms with E-state index in [1.807, 2.05) is 19.1 Å². The van der Waals surface area contributed by atoms with Crippen molar-refractivity contribution in [3.05, 3.63) is 44.9 Å². The molecule has 1 N–H and O–H groups in total. The van der Waals surface area contributed by atoms with Crippen molar-refractivity contribution in [2.45, 2.75) is 46.6 Å². The van der Waals surface area contributed by atoms with E-state index in [9.17, 15) is 9.59 Å². The second kappa shape index (κ2) is 11.0. The van der Waals surface area contributed by atoms with Gasteiger partial charge < -0.3 is 15.0 Å². The van der Waals surface area contributed by atoms with Gasteiger partial charge in [0.25, 0.3) is 0 Å². The average molecular weight is 424 g/mol. The number of aromatic nitrogens is 1. The minimum atomic E-state index is -0.443. The SMILES string of the molecule is CCCCCN(Cc1nc(C(=O)OCC)cs1)C(=O)Nc1ccc(C)c(Cl)c1. The van der Waals surface area contributed by atoms with Crippen molar-refractivity contribution in [2.24, 2.45) is 0 Å². The van der Waals surface area contributed by atoms with Crippen LogP contribution in [0.2, 0.25) is 5.02 Å². The van der Waals surface area contributed by atoms with Gasteiger partial charge in [-0.05, 0) is 38.0 Å². The Hall–Kier alpha value is -2.12. The third kappa shape index (κ3) is 6.49. The summed E-state index contributed by atoms with van der Waals surface area (Å²) in [5.74, 6) is -0.443. The van der Waals surface area contributed by atoms with E-state index in [1.54, 1.807) is 23.3 Å². The van der Waals surface area contributed by atoms with E-state index in [4.69, 9.17) is 16.3 Å². The second-order valence-corrected chi connectivity index (χ2v) is 7.72. The van der Waals surface area contributed by atoms with E-state index in [0.717, 1.165) is 24.8 Å². The number of thiazole rings is 1. The minimum Gasteiger partial charge on any atom is -0.461 e. The Labute approximate surface area is 174 Å². The fourth-order valence-corrected chi connectivity index (χ4v) is 3.48. The van der Waals surface area contributed by atoms with Gasteiger partial charge in [-0.3, -0.25) is 0 Å². The zero-order valence-electron chi connectivity index (χ0n) is 16.5. The first-order valence-electron chi connectivity index (χ1n) is 9.38. The molecule has 0 aliphatic carbocycles. The number of aryl methyl sites for hydroxylation is 1. The van der Waals surface area contributed by atoms with Crippen LogP contribution in [0.3, 0.4) is 0 Å². The summed E-state index contributed by atoms with van der Waals surface area (Å²) in [6.45, 7) is 7.02. The molecule has 28 heavy (non-hydrogen) atoms. The van der Waals surface area contributed by atoms with E-state index in [1.165, 1.54) is 11.3 Å². The fourth-order valence-electron chi connectivity index (χ4n) is 2.52. The lowest BCUT2D eigenvalue weighted by Crippen LogP contribution is -2.35. The first kappa shape index (κ1) is 22.2. The summed E-state index contributed by atoms with van der Waals surface area (Å²) in [5.41, 5.74) is 1.88. The van der Waals surface area contributed by atoms with Crippen molar-refractivity contribution in [3.8, 4) is 0 Å². The van der Waals surface area contributed by atoms with Crippen molar-refractivity contribution < 1.29 is 14.3 Å². The molecular formula is C20H26ClN3O3S. The van der Waals surface area contributed by atoms with Gasteiger partial charge in [0.2, 0.25) is 0 Å². The van der Waals surface area contributed by atoms with Crippen molar-refractivity contribution in [1.29, 1.82) is 0 Å². The van der Waals surface area contributed by atoms with E-state index >= 15 is 0 Å². The van der Waals surface area contributed by atoms with Gasteiger partial charge in [-0.15, -0.1) is 11.3 Å². The summed E-state index contributed by atoms with van der Waals surface area (Å²) in [6.07, 6.45) is 2.99. The predicted molar refractivity (Wildman–Crippen MR) is 113 cm³/mol. The maximum Gasteiger partial charge on any atom is 0.357 e. The molecule has 2 rings (SSSR count). The quantitative estimate of drug-likeness (QED) is 0.426. The summed E-state index contributed by atoms with van der Waals surface area (Å²) in [4.78, 5) is 30.6. The maximum atomic E-state index is 12.8. The highest BCUT2D eigenvalue weighted by Gasteiger charge is 2.18. The molecule has 152 valence electrons. The first-order chi connectivity index (χ1) is 13.4. The first-order valence-corrected chi connectivity index (χ1v) is 10.6. The van der Waals surface area contributed by atoms with Crippen molar-refractivity contribution in [2.75, 3.05) is 18.5 Å². The molecule has 0 unspecified atom stereocenters. The van der Waals surface area contributed by atoms with Crippen LogP contribution in [0.1, 0.15) is 54.2 Å². The number of hydrogen-bond donors (Lipinski definition) is 1. The molecule has 0 radical (unpaired) electrons. The van der Waals surface area contributed by atoms with Crippen LogP contribution in [-0.2, 0) is 11.3 Å². The molecule has 0 bridgehead atoms. The molecule has 1 heterocycles. The molecule has 0 spiro atoms. The monoisotopic (exact) mass is 423 g/mol. The van der Waals surface area contributed by atoms with Gasteiger partial charge in [0.05, 0.1) is 13.2 Å². The fraction of sp³-hybridized carbons (Fsp3) is 0.450. The average Bonchev–Trinajstić information content (AvgIpc) is 3.13. The number of amides is 2. The van der Waals surface area contributed by atoms with Crippen LogP contribution in [0, 0.1) is 6.92 Å². The molecular weight excluding hydrogens is 398 g/mol. The lowest BCUT2D eigenvalue weighted by molar-refractivity contribution is 0.0520. The predicted octanol–water partition coefficient (Wildman–Crippen LogP) is 5.51. The smallest absolute Gasteiger partial charge is 0.357 e. The molecule has 0 aliphatic rings. The minimum absolute atomic E-state index is 0.219. The molecule has 0 saturated carbocycles. The van der Waals surface area contributed by atoms with Gasteiger partial charge >= 0.3 is 12.0 Å². The molecule has 1 aromatic heterocycles. The van der Waals surface area contributed by atoms with Crippen LogP contribution >= 0.6 is 22.9 Å². The maximum absolute atomic E-state index is 12.8. The van der Waals surface area contributed by atoms with E-state index < -0.39 is 5.97 Å². The third-order valence-electron chi connectivity index (χ3n) is 4.10. The topological polar surface area (TPSA) is 71.5 Å². The largest absolute Gasteiger partial charge is 0.461 e. The third-order valence-corrected chi connectivity index (χ3v) is 5.35. The Balaban J connectivity index is 2.08. The molecule has 0 atom stereocenters. The summed E-state index contributed by atoms with van der Waals surface area (Å²) in [7, 11) is 0. The molecule has 0 aliphatic heterocycles. The second-order valence-electron chi connectivity index (χ2n) is 6.37. The van der Waals surface area contributed by atoms with Crippen molar-refractivity contribution >= 4 is 40.6 Å². The number of anilines is 1. The van der Waals surface area contributed by atoms with Gasteiger partial charge in [-0.1, -0.05) is 37.4 Å². The van der Waals surface area contributed by atoms with Crippen LogP contribution in [0.25, 0.3) is 0 Å². The molecule has 6 nitrogen and oxygen atoms in total. The molecule has 0 saturated heterocycles. The van der Waals surface area contributed by atoms with Crippen molar-refractivity contribution in [1.82, 2.24) is 9.88 Å². The highest BCUT2D eigenvalue weighted by atomic mass is 35.5. The Morgan fingerprint density at radius 3 is 2.75 bits per heavy atom. The molecule has 1 aromatic carbocycles. The number of ether oxygens (including phenoxy) is 1. The number of carbonyl (C=O) groups is 2. The van der Waals surface area contributed by atoms with Gasteiger partial charge in [0.1, 0.15) is 5.01 Å². The molecule has 0 fully saturated rings. The number of esters is 1. The van der Waals surface area contributed by atoms with Gasteiger partial charge in [-0.25, -0.2) is 14.6 Å². The summed E-state index contributed by atoms with van der Waals surface area (Å²) in [6, 6.07) is 5.21. The van der Waals surface area contributed by atoms with E-state index in [2.05, 4.69) is 17.2 Å². The van der Waals surface area contributed by atoms with E-state index in [0.29, 0.717) is 35.4 Å². The number of nitrogens with zero attached hydrogens (tertiary/aromatic N) is 2. The van der Waals surface area contributed by atoms with Gasteiger partial charge in [0.15, 0.2) is 5.69 Å². The normalized spacial score (nSPS) is 10.6. The summed E-state index contributed by atoms with van der Waals surface area (Å²) < 4.78 is 4.97. The standard InChI is InChI=1S/C20H26ClN3O3S/c1-4-6-7-10-24(12-18-23-17(13-28-18)19(25)27-5-2)20(26)22-15-9-8-14(3)16(21)11-15/h8-9,11,13H,4-7,10,12H2,1-3H3,(H,22,26). The van der Waals surface area contributed by atoms with Crippen LogP contribution in [0.15, 0.2) is 23.6 Å². The number of hydrogen-bond acceptors (Lipinski definition) is 5. The Bertz CT molecular complexity index is 810. The lowest BCUT2D eigenvalue weighted by Gasteiger charge is -2.22. The number of rotatable bonds is 9. The number of carbonyl (C=O) groups excluding carboxylic acids is 2. The summed E-state index contributed by atoms with van der Waals surface area (Å²) in [5, 5.41) is 5.85. The van der Waals surface area contributed by atoms with Crippen molar-refractivity contribution in [3.63, 3.8) is 0 Å². The number of benzene rings is 1. The van der Waals surface area contributed by atoms with Gasteiger partial charge in [0, 0.05) is 22.6 Å². The number of urea groups is 1. The van der Waals surface area contributed by atoms with E-state index in [-0.39, 0.29) is 11.7 Å². The zero-order valence-corrected chi connectivity index (χ0v) is 18.0. The Morgan fingerprint density at radius 1 is 1.29 bits per heavy atom. The number of halogens is 1. The molecule has 8 heteroatoms. The zero-order chi connectivity index (χ0) is 20.5. The van der Waals surface area contributed by atoms with Gasteiger partial charge in [-0.2, -0.15) is 0 Å². The lowest BCUT2D eigenvalue weighted by atomic mass is 10.2. The molecule has 2 amide bonds. The van der Waals surface area contributed by atoms with Crippen LogP contribution < -0.4 is 5.32 Å².